The Hall–Kier alpha value is -3.41. The van der Waals surface area contributed by atoms with Crippen molar-refractivity contribution >= 4 is 29.2 Å². The molecule has 1 atom stereocenters. The van der Waals surface area contributed by atoms with E-state index in [0.717, 1.165) is 69.0 Å². The molecule has 1 saturated carbocycles. The van der Waals surface area contributed by atoms with E-state index in [9.17, 15) is 4.79 Å². The standard InChI is InChI=1S/C26H20N4O.ClH/c31-16-17-12-21(13-17)25-24-15-27-10-11-30(24)26(29-25)20-7-6-19-8-9-22(28-23(19)14-20)18-4-2-1-3-5-18;/h1-11,14-17,21H,12-13H2;1H. The molecule has 3 aliphatic rings. The summed E-state index contributed by atoms with van der Waals surface area (Å²) < 4.78 is 0. The predicted octanol–water partition coefficient (Wildman–Crippen LogP) is 0.543. The number of benzene rings is 2. The van der Waals surface area contributed by atoms with Crippen LogP contribution in [0.25, 0.3) is 22.2 Å². The average molecular weight is 441 g/mol. The highest BCUT2D eigenvalue weighted by molar-refractivity contribution is 6.01. The number of aromatic nitrogens is 1. The summed E-state index contributed by atoms with van der Waals surface area (Å²) in [4.78, 5) is 26.5. The van der Waals surface area contributed by atoms with Crippen molar-refractivity contribution in [1.29, 1.82) is 0 Å². The van der Waals surface area contributed by atoms with Crippen LogP contribution in [0.3, 0.4) is 0 Å². The first-order chi connectivity index (χ1) is 15.3. The van der Waals surface area contributed by atoms with E-state index in [1.54, 1.807) is 0 Å². The van der Waals surface area contributed by atoms with Gasteiger partial charge in [0.25, 0.3) is 0 Å². The third-order valence-electron chi connectivity index (χ3n) is 6.37. The number of carbonyl (C=O) groups is 1. The Morgan fingerprint density at radius 2 is 1.78 bits per heavy atom. The molecular formula is C26H21ClN4O. The monoisotopic (exact) mass is 440 g/mol. The number of quaternary nitrogens is 1. The second-order valence-corrected chi connectivity index (χ2v) is 8.30. The van der Waals surface area contributed by atoms with Crippen LogP contribution < -0.4 is 17.3 Å². The van der Waals surface area contributed by atoms with Crippen LogP contribution in [-0.2, 0) is 4.79 Å². The second-order valence-electron chi connectivity index (χ2n) is 8.30. The summed E-state index contributed by atoms with van der Waals surface area (Å²) in [6.07, 6.45) is 8.59. The molecule has 0 saturated heterocycles. The van der Waals surface area contributed by atoms with E-state index in [-0.39, 0.29) is 18.3 Å². The normalized spacial score (nSPS) is 23.4. The predicted molar refractivity (Wildman–Crippen MR) is 122 cm³/mol. The summed E-state index contributed by atoms with van der Waals surface area (Å²) in [6.45, 7) is 0. The largest absolute Gasteiger partial charge is 1.00 e. The third kappa shape index (κ3) is 3.40. The van der Waals surface area contributed by atoms with Crippen molar-refractivity contribution in [3.05, 3.63) is 90.0 Å². The summed E-state index contributed by atoms with van der Waals surface area (Å²) >= 11 is 0. The minimum atomic E-state index is 0. The first-order valence-electron chi connectivity index (χ1n) is 10.6. The smallest absolute Gasteiger partial charge is 0.243 e. The van der Waals surface area contributed by atoms with Crippen molar-refractivity contribution in [2.24, 2.45) is 21.8 Å². The molecule has 1 fully saturated rings. The fourth-order valence-electron chi connectivity index (χ4n) is 4.61. The number of halogens is 1. The van der Waals surface area contributed by atoms with E-state index in [2.05, 4.69) is 47.5 Å². The van der Waals surface area contributed by atoms with Crippen LogP contribution in [0.4, 0.5) is 0 Å². The van der Waals surface area contributed by atoms with Crippen LogP contribution in [0.15, 0.2) is 94.4 Å². The third-order valence-corrected chi connectivity index (χ3v) is 6.37. The highest BCUT2D eigenvalue weighted by Crippen LogP contribution is 2.39. The minimum Gasteiger partial charge on any atom is -1.00 e. The number of nitrogens with zero attached hydrogens (tertiary/aromatic N) is 3. The lowest BCUT2D eigenvalue weighted by atomic mass is 9.73. The Bertz CT molecular complexity index is 1320. The number of hydrogen-bond donors (Lipinski definition) is 1. The number of pyridine rings is 1. The number of fused-ring (bicyclic) bond motifs is 2. The fraction of sp³-hybridized carbons (Fsp3) is 0.154. The Labute approximate surface area is 192 Å². The lowest BCUT2D eigenvalue weighted by Gasteiger charge is -2.30. The molecule has 1 aromatic heterocycles. The van der Waals surface area contributed by atoms with Crippen molar-refractivity contribution in [1.82, 2.24) is 4.98 Å². The van der Waals surface area contributed by atoms with Gasteiger partial charge in [0.1, 0.15) is 18.2 Å². The van der Waals surface area contributed by atoms with Gasteiger partial charge in [0.05, 0.1) is 29.2 Å². The molecule has 1 unspecified atom stereocenters. The molecule has 0 amide bonds. The molecule has 6 rings (SSSR count). The Morgan fingerprint density at radius 1 is 0.969 bits per heavy atom. The lowest BCUT2D eigenvalue weighted by molar-refractivity contribution is -0.689. The molecule has 2 aliphatic heterocycles. The van der Waals surface area contributed by atoms with E-state index in [0.29, 0.717) is 5.92 Å². The molecule has 2 aromatic carbocycles. The molecule has 1 aliphatic carbocycles. The van der Waals surface area contributed by atoms with Crippen LogP contribution in [0.2, 0.25) is 0 Å². The summed E-state index contributed by atoms with van der Waals surface area (Å²) in [5, 5.41) is 1.11. The van der Waals surface area contributed by atoms with E-state index in [4.69, 9.17) is 9.98 Å². The molecule has 158 valence electrons. The van der Waals surface area contributed by atoms with E-state index < -0.39 is 0 Å². The SMILES string of the molecule is O=CC1CC(C2=C3C=NC=C[NH+]3C(c3ccc4ccc(-c5ccccc5)nc4c3)=N2)C1.[Cl-]. The van der Waals surface area contributed by atoms with Crippen molar-refractivity contribution in [3.8, 4) is 11.3 Å². The van der Waals surface area contributed by atoms with Gasteiger partial charge in [0.15, 0.2) is 5.70 Å². The first-order valence-corrected chi connectivity index (χ1v) is 10.6. The van der Waals surface area contributed by atoms with Crippen LogP contribution in [0, 0.1) is 11.8 Å². The fourth-order valence-corrected chi connectivity index (χ4v) is 4.61. The van der Waals surface area contributed by atoms with Crippen molar-refractivity contribution in [2.45, 2.75) is 12.8 Å². The quantitative estimate of drug-likeness (QED) is 0.602. The van der Waals surface area contributed by atoms with Crippen LogP contribution in [0.5, 0.6) is 0 Å². The zero-order chi connectivity index (χ0) is 20.8. The van der Waals surface area contributed by atoms with Gasteiger partial charge in [-0.25, -0.2) is 9.88 Å². The van der Waals surface area contributed by atoms with Crippen LogP contribution in [-0.4, -0.2) is 23.3 Å². The van der Waals surface area contributed by atoms with Gasteiger partial charge < -0.3 is 17.2 Å². The Balaban J connectivity index is 0.00000216. The van der Waals surface area contributed by atoms with Gasteiger partial charge in [0, 0.05) is 22.8 Å². The van der Waals surface area contributed by atoms with Gasteiger partial charge >= 0.3 is 0 Å². The molecule has 5 nitrogen and oxygen atoms in total. The number of amidine groups is 1. The van der Waals surface area contributed by atoms with Gasteiger partial charge in [-0.2, -0.15) is 4.99 Å². The second kappa shape index (κ2) is 8.26. The first kappa shape index (κ1) is 20.5. The van der Waals surface area contributed by atoms with Gasteiger partial charge in [0.2, 0.25) is 5.84 Å². The minimum absolute atomic E-state index is 0. The van der Waals surface area contributed by atoms with E-state index >= 15 is 0 Å². The van der Waals surface area contributed by atoms with Crippen LogP contribution >= 0.6 is 0 Å². The zero-order valence-corrected chi connectivity index (χ0v) is 18.0. The summed E-state index contributed by atoms with van der Waals surface area (Å²) in [5.74, 6) is 1.47. The molecular weight excluding hydrogens is 420 g/mol. The number of hydrogen-bond acceptors (Lipinski definition) is 4. The highest BCUT2D eigenvalue weighted by Gasteiger charge is 2.41. The summed E-state index contributed by atoms with van der Waals surface area (Å²) in [5.41, 5.74) is 6.24. The molecule has 0 spiro atoms. The molecule has 0 bridgehead atoms. The Morgan fingerprint density at radius 3 is 2.59 bits per heavy atom. The number of aliphatic imine (C=N–C) groups is 2. The maximum absolute atomic E-state index is 11.1. The lowest BCUT2D eigenvalue weighted by Crippen LogP contribution is -3.08. The Kier molecular flexibility index (Phi) is 5.29. The maximum Gasteiger partial charge on any atom is 0.243 e. The number of nitrogens with one attached hydrogen (secondary N) is 1. The highest BCUT2D eigenvalue weighted by atomic mass is 35.5. The number of rotatable bonds is 4. The van der Waals surface area contributed by atoms with E-state index in [1.807, 2.05) is 36.8 Å². The van der Waals surface area contributed by atoms with Crippen molar-refractivity contribution < 1.29 is 22.1 Å². The van der Waals surface area contributed by atoms with E-state index in [1.165, 1.54) is 0 Å². The van der Waals surface area contributed by atoms with Gasteiger partial charge in [-0.3, -0.25) is 4.99 Å². The van der Waals surface area contributed by atoms with Gasteiger partial charge in [-0.05, 0) is 31.0 Å². The molecule has 3 aromatic rings. The van der Waals surface area contributed by atoms with Gasteiger partial charge in [-0.15, -0.1) is 0 Å². The van der Waals surface area contributed by atoms with Crippen molar-refractivity contribution in [2.75, 3.05) is 0 Å². The molecule has 32 heavy (non-hydrogen) atoms. The molecule has 6 heteroatoms. The van der Waals surface area contributed by atoms with Crippen molar-refractivity contribution in [3.63, 3.8) is 0 Å². The average Bonchev–Trinajstić information content (AvgIpc) is 3.18. The van der Waals surface area contributed by atoms with Gasteiger partial charge in [-0.1, -0.05) is 42.5 Å². The molecule has 3 heterocycles. The number of aldehydes is 1. The topological polar surface area (TPSA) is 59.1 Å². The molecule has 0 radical (unpaired) electrons. The zero-order valence-electron chi connectivity index (χ0n) is 17.3. The number of carbonyl (C=O) groups excluding carboxylic acids is 1. The summed E-state index contributed by atoms with van der Waals surface area (Å²) in [7, 11) is 0. The van der Waals surface area contributed by atoms with Crippen LogP contribution in [0.1, 0.15) is 18.4 Å². The molecule has 1 N–H and O–H groups in total. The summed E-state index contributed by atoms with van der Waals surface area (Å²) in [6, 6.07) is 20.8. The maximum atomic E-state index is 11.1. The number of allylic oxidation sites excluding steroid dienone is 2.